The second kappa shape index (κ2) is 11.1. The van der Waals surface area contributed by atoms with E-state index < -0.39 is 6.04 Å². The zero-order chi connectivity index (χ0) is 24.8. The third kappa shape index (κ3) is 5.86. The van der Waals surface area contributed by atoms with Crippen molar-refractivity contribution in [1.29, 1.82) is 0 Å². The molecule has 4 aromatic rings. The maximum atomic E-state index is 12.3. The van der Waals surface area contributed by atoms with E-state index in [1.165, 1.54) is 12.4 Å². The van der Waals surface area contributed by atoms with Crippen LogP contribution in [0.3, 0.4) is 0 Å². The Kier molecular flexibility index (Phi) is 7.77. The fourth-order valence-electron chi connectivity index (χ4n) is 3.67. The number of hydrogen-bond acceptors (Lipinski definition) is 7. The fourth-order valence-corrected chi connectivity index (χ4v) is 3.94. The van der Waals surface area contributed by atoms with Gasteiger partial charge in [0.2, 0.25) is 16.8 Å². The van der Waals surface area contributed by atoms with Gasteiger partial charge in [-0.1, -0.05) is 48.5 Å². The highest BCUT2D eigenvalue weighted by atomic mass is 35.5. The average molecular weight is 492 g/mol. The van der Waals surface area contributed by atoms with Gasteiger partial charge in [-0.05, 0) is 49.0 Å². The summed E-state index contributed by atoms with van der Waals surface area (Å²) in [5, 5.41) is 16.9. The molecule has 0 bridgehead atoms. The number of aliphatic hydroxyl groups is 1. The summed E-state index contributed by atoms with van der Waals surface area (Å²) < 4.78 is 5.72. The molecular weight excluding hydrogens is 466 g/mol. The van der Waals surface area contributed by atoms with E-state index in [0.717, 1.165) is 11.1 Å². The molecule has 1 unspecified atom stereocenters. The van der Waals surface area contributed by atoms with Gasteiger partial charge in [-0.25, -0.2) is 9.97 Å². The molecule has 0 fully saturated rings. The zero-order valence-corrected chi connectivity index (χ0v) is 20.2. The van der Waals surface area contributed by atoms with Crippen LogP contribution in [-0.2, 0) is 4.79 Å². The van der Waals surface area contributed by atoms with E-state index in [2.05, 4.69) is 20.6 Å². The van der Waals surface area contributed by atoms with Crippen molar-refractivity contribution >= 4 is 40.1 Å². The molecule has 0 radical (unpaired) electrons. The minimum absolute atomic E-state index is 0.140. The van der Waals surface area contributed by atoms with Crippen LogP contribution in [0.25, 0.3) is 22.2 Å². The molecule has 0 aliphatic rings. The maximum absolute atomic E-state index is 12.3. The van der Waals surface area contributed by atoms with E-state index in [0.29, 0.717) is 34.7 Å². The first-order chi connectivity index (χ1) is 17.0. The molecule has 0 spiro atoms. The van der Waals surface area contributed by atoms with Crippen LogP contribution < -0.4 is 10.6 Å². The lowest BCUT2D eigenvalue weighted by Crippen LogP contribution is -2.15. The molecule has 1 atom stereocenters. The predicted molar refractivity (Wildman–Crippen MR) is 138 cm³/mol. The van der Waals surface area contributed by atoms with Crippen LogP contribution >= 0.6 is 11.6 Å². The second-order valence-corrected chi connectivity index (χ2v) is 8.52. The third-order valence-electron chi connectivity index (χ3n) is 5.30. The van der Waals surface area contributed by atoms with E-state index in [1.54, 1.807) is 12.1 Å². The third-order valence-corrected chi connectivity index (χ3v) is 5.57. The number of halogens is 1. The molecule has 2 aromatic carbocycles. The summed E-state index contributed by atoms with van der Waals surface area (Å²) in [5.74, 6) is 0.246. The van der Waals surface area contributed by atoms with Crippen LogP contribution in [0.4, 0.5) is 11.5 Å². The highest BCUT2D eigenvalue weighted by Gasteiger charge is 2.22. The topological polar surface area (TPSA) is 104 Å². The van der Waals surface area contributed by atoms with Crippen molar-refractivity contribution in [1.82, 2.24) is 14.9 Å². The van der Waals surface area contributed by atoms with Crippen LogP contribution in [0.2, 0.25) is 5.22 Å². The highest BCUT2D eigenvalue weighted by Crippen LogP contribution is 2.41. The number of likely N-dealkylation sites (N-methyl/N-ethyl adjacent to an activating group) is 1. The van der Waals surface area contributed by atoms with Gasteiger partial charge in [0.15, 0.2) is 0 Å². The SMILES string of the molecule is CN(C)CC=CC(=O)Nc1cccc(-c2c(Cl)oc3ncnc(NC(CO)c4ccccc4)c23)c1. The Bertz CT molecular complexity index is 1340. The van der Waals surface area contributed by atoms with E-state index in [1.807, 2.05) is 67.5 Å². The molecule has 2 aromatic heterocycles. The molecule has 1 amide bonds. The minimum Gasteiger partial charge on any atom is -0.425 e. The van der Waals surface area contributed by atoms with Crippen LogP contribution in [0.5, 0.6) is 0 Å². The average Bonchev–Trinajstić information content (AvgIpc) is 3.19. The number of nitrogens with zero attached hydrogens (tertiary/aromatic N) is 3. The number of amides is 1. The number of anilines is 2. The lowest BCUT2D eigenvalue weighted by atomic mass is 10.0. The summed E-state index contributed by atoms with van der Waals surface area (Å²) in [7, 11) is 3.86. The van der Waals surface area contributed by atoms with Crippen molar-refractivity contribution < 1.29 is 14.3 Å². The molecule has 180 valence electrons. The van der Waals surface area contributed by atoms with Gasteiger partial charge >= 0.3 is 0 Å². The Balaban J connectivity index is 1.67. The smallest absolute Gasteiger partial charge is 0.248 e. The fraction of sp³-hybridized carbons (Fsp3) is 0.192. The first kappa shape index (κ1) is 24.4. The molecule has 35 heavy (non-hydrogen) atoms. The van der Waals surface area contributed by atoms with Gasteiger partial charge in [0.25, 0.3) is 0 Å². The van der Waals surface area contributed by atoms with Gasteiger partial charge < -0.3 is 25.1 Å². The van der Waals surface area contributed by atoms with Crippen LogP contribution in [0.1, 0.15) is 11.6 Å². The van der Waals surface area contributed by atoms with E-state index in [9.17, 15) is 9.90 Å². The van der Waals surface area contributed by atoms with Crippen LogP contribution in [0, 0.1) is 0 Å². The minimum atomic E-state index is -0.393. The molecule has 3 N–H and O–H groups in total. The Hall–Kier alpha value is -3.72. The van der Waals surface area contributed by atoms with Gasteiger partial charge in [0.05, 0.1) is 23.6 Å². The standard InChI is InChI=1S/C26H26ClN5O3/c1-32(2)13-7-12-21(34)30-19-11-6-10-18(14-19)22-23-25(28-16-29-26(23)35-24(22)27)31-20(15-33)17-8-4-3-5-9-17/h3-12,14,16,20,33H,13,15H2,1-2H3,(H,30,34)(H,28,29,31). The molecule has 0 aliphatic heterocycles. The van der Waals surface area contributed by atoms with Gasteiger partial charge in [0, 0.05) is 18.3 Å². The van der Waals surface area contributed by atoms with E-state index in [4.69, 9.17) is 16.0 Å². The Morgan fingerprint density at radius 2 is 1.97 bits per heavy atom. The van der Waals surface area contributed by atoms with Crippen LogP contribution in [0.15, 0.2) is 77.5 Å². The summed E-state index contributed by atoms with van der Waals surface area (Å²) in [5.41, 5.74) is 3.14. The molecule has 0 aliphatic carbocycles. The number of rotatable bonds is 9. The number of aliphatic hydroxyl groups excluding tert-OH is 1. The summed E-state index contributed by atoms with van der Waals surface area (Å²) in [6, 6.07) is 16.5. The van der Waals surface area contributed by atoms with Gasteiger partial charge in [0.1, 0.15) is 12.1 Å². The van der Waals surface area contributed by atoms with Gasteiger partial charge in [-0.15, -0.1) is 0 Å². The number of furan rings is 1. The second-order valence-electron chi connectivity index (χ2n) is 8.18. The number of hydrogen-bond donors (Lipinski definition) is 3. The Labute approximate surface area is 208 Å². The first-order valence-electron chi connectivity index (χ1n) is 11.0. The zero-order valence-electron chi connectivity index (χ0n) is 19.4. The lowest BCUT2D eigenvalue weighted by Gasteiger charge is -2.18. The highest BCUT2D eigenvalue weighted by molar-refractivity contribution is 6.34. The Morgan fingerprint density at radius 3 is 2.71 bits per heavy atom. The number of fused-ring (bicyclic) bond motifs is 1. The van der Waals surface area contributed by atoms with Gasteiger partial charge in [-0.3, -0.25) is 4.79 Å². The van der Waals surface area contributed by atoms with E-state index >= 15 is 0 Å². The van der Waals surface area contributed by atoms with Gasteiger partial charge in [-0.2, -0.15) is 0 Å². The van der Waals surface area contributed by atoms with Crippen molar-refractivity contribution in [2.75, 3.05) is 37.9 Å². The maximum Gasteiger partial charge on any atom is 0.248 e. The summed E-state index contributed by atoms with van der Waals surface area (Å²) in [6.45, 7) is 0.525. The normalized spacial score (nSPS) is 12.4. The molecular formula is C26H26ClN5O3. The predicted octanol–water partition coefficient (Wildman–Crippen LogP) is 4.75. The lowest BCUT2D eigenvalue weighted by molar-refractivity contribution is -0.111. The molecule has 0 saturated heterocycles. The molecule has 2 heterocycles. The first-order valence-corrected chi connectivity index (χ1v) is 11.4. The van der Waals surface area contributed by atoms with Crippen molar-refractivity contribution in [3.05, 3.63) is 83.9 Å². The quantitative estimate of drug-likeness (QED) is 0.290. The van der Waals surface area contributed by atoms with Crippen molar-refractivity contribution in [3.8, 4) is 11.1 Å². The van der Waals surface area contributed by atoms with Crippen LogP contribution in [-0.4, -0.2) is 53.1 Å². The van der Waals surface area contributed by atoms with Crippen molar-refractivity contribution in [3.63, 3.8) is 0 Å². The van der Waals surface area contributed by atoms with Crippen molar-refractivity contribution in [2.24, 2.45) is 0 Å². The number of benzene rings is 2. The largest absolute Gasteiger partial charge is 0.425 e. The number of aromatic nitrogens is 2. The summed E-state index contributed by atoms with van der Waals surface area (Å²) >= 11 is 6.50. The molecule has 8 nitrogen and oxygen atoms in total. The number of carbonyl (C=O) groups is 1. The molecule has 4 rings (SSSR count). The number of carbonyl (C=O) groups excluding carboxylic acids is 1. The monoisotopic (exact) mass is 491 g/mol. The molecule has 9 heteroatoms. The number of nitrogens with one attached hydrogen (secondary N) is 2. The molecule has 0 saturated carbocycles. The van der Waals surface area contributed by atoms with Crippen molar-refractivity contribution in [2.45, 2.75) is 6.04 Å². The van der Waals surface area contributed by atoms with E-state index in [-0.39, 0.29) is 17.7 Å². The summed E-state index contributed by atoms with van der Waals surface area (Å²) in [4.78, 5) is 22.9. The Morgan fingerprint density at radius 1 is 1.17 bits per heavy atom. The summed E-state index contributed by atoms with van der Waals surface area (Å²) in [6.07, 6.45) is 4.67.